The number of carbonyl (C=O) groups excluding carboxylic acids is 1. The van der Waals surface area contributed by atoms with Gasteiger partial charge in [0, 0.05) is 24.6 Å². The number of benzene rings is 1. The average molecular weight is 340 g/mol. The third kappa shape index (κ3) is 4.71. The van der Waals surface area contributed by atoms with E-state index in [2.05, 4.69) is 15.0 Å². The minimum atomic E-state index is -3.42. The molecule has 0 atom stereocenters. The number of anilines is 1. The van der Waals surface area contributed by atoms with Crippen molar-refractivity contribution in [3.8, 4) is 0 Å². The molecular weight excluding hydrogens is 326 g/mol. The van der Waals surface area contributed by atoms with Gasteiger partial charge in [-0.1, -0.05) is 17.7 Å². The molecular formula is C14H14ClN3O3S. The summed E-state index contributed by atoms with van der Waals surface area (Å²) in [5.41, 5.74) is 1.31. The normalized spacial score (nSPS) is 11.0. The molecule has 22 heavy (non-hydrogen) atoms. The van der Waals surface area contributed by atoms with Gasteiger partial charge in [0.25, 0.3) is 5.91 Å². The van der Waals surface area contributed by atoms with Crippen molar-refractivity contribution in [1.29, 1.82) is 0 Å². The van der Waals surface area contributed by atoms with Crippen LogP contribution in [0.4, 0.5) is 5.69 Å². The van der Waals surface area contributed by atoms with Crippen molar-refractivity contribution in [1.82, 2.24) is 10.3 Å². The highest BCUT2D eigenvalue weighted by atomic mass is 35.5. The lowest BCUT2D eigenvalue weighted by atomic mass is 10.2. The van der Waals surface area contributed by atoms with Crippen LogP contribution in [0.5, 0.6) is 0 Å². The van der Waals surface area contributed by atoms with Crippen LogP contribution in [0, 0.1) is 0 Å². The van der Waals surface area contributed by atoms with Gasteiger partial charge in [0.05, 0.1) is 16.8 Å². The highest BCUT2D eigenvalue weighted by molar-refractivity contribution is 7.92. The third-order valence-electron chi connectivity index (χ3n) is 2.69. The quantitative estimate of drug-likeness (QED) is 0.872. The summed E-state index contributed by atoms with van der Waals surface area (Å²) in [5.74, 6) is -0.397. The van der Waals surface area contributed by atoms with Crippen molar-refractivity contribution in [2.24, 2.45) is 0 Å². The maximum atomic E-state index is 12.2. The summed E-state index contributed by atoms with van der Waals surface area (Å²) in [5, 5.41) is 2.94. The molecule has 0 spiro atoms. The molecule has 6 nitrogen and oxygen atoms in total. The Bertz CT molecular complexity index is 779. The molecule has 0 radical (unpaired) electrons. The Morgan fingerprint density at radius 3 is 2.73 bits per heavy atom. The zero-order valence-corrected chi connectivity index (χ0v) is 13.3. The Kier molecular flexibility index (Phi) is 4.99. The minimum absolute atomic E-state index is 0.194. The molecule has 0 aliphatic rings. The van der Waals surface area contributed by atoms with Crippen molar-refractivity contribution in [3.63, 3.8) is 0 Å². The Hall–Kier alpha value is -2.12. The van der Waals surface area contributed by atoms with Crippen LogP contribution in [-0.4, -0.2) is 25.6 Å². The summed E-state index contributed by atoms with van der Waals surface area (Å²) < 4.78 is 24.8. The number of carbonyl (C=O) groups is 1. The highest BCUT2D eigenvalue weighted by Crippen LogP contribution is 2.21. The molecule has 1 aromatic heterocycles. The predicted molar refractivity (Wildman–Crippen MR) is 85.3 cm³/mol. The van der Waals surface area contributed by atoms with Gasteiger partial charge < -0.3 is 5.32 Å². The fourth-order valence-corrected chi connectivity index (χ4v) is 2.52. The molecule has 0 aliphatic heterocycles. The lowest BCUT2D eigenvalue weighted by Gasteiger charge is -2.09. The molecule has 0 unspecified atom stereocenters. The van der Waals surface area contributed by atoms with E-state index in [1.807, 2.05) is 6.07 Å². The number of rotatable bonds is 5. The van der Waals surface area contributed by atoms with Gasteiger partial charge in [-0.05, 0) is 29.8 Å². The fourth-order valence-electron chi connectivity index (χ4n) is 1.76. The molecule has 0 bridgehead atoms. The summed E-state index contributed by atoms with van der Waals surface area (Å²) in [7, 11) is -3.42. The van der Waals surface area contributed by atoms with E-state index in [1.54, 1.807) is 18.5 Å². The molecule has 0 saturated heterocycles. The van der Waals surface area contributed by atoms with Crippen LogP contribution in [-0.2, 0) is 16.6 Å². The SMILES string of the molecule is CS(=O)(=O)Nc1ccc(Cl)c(C(=O)NCc2cccnc2)c1. The van der Waals surface area contributed by atoms with Gasteiger partial charge in [-0.3, -0.25) is 14.5 Å². The molecule has 2 rings (SSSR count). The molecule has 2 aromatic rings. The zero-order chi connectivity index (χ0) is 16.2. The van der Waals surface area contributed by atoms with Crippen molar-refractivity contribution in [3.05, 3.63) is 58.9 Å². The van der Waals surface area contributed by atoms with E-state index >= 15 is 0 Å². The Balaban J connectivity index is 2.13. The van der Waals surface area contributed by atoms with Crippen LogP contribution in [0.15, 0.2) is 42.7 Å². The summed E-state index contributed by atoms with van der Waals surface area (Å²) in [6.45, 7) is 0.298. The van der Waals surface area contributed by atoms with Crippen LogP contribution < -0.4 is 10.0 Å². The van der Waals surface area contributed by atoms with Crippen LogP contribution in [0.25, 0.3) is 0 Å². The number of pyridine rings is 1. The summed E-state index contributed by atoms with van der Waals surface area (Å²) in [6.07, 6.45) is 4.32. The molecule has 2 N–H and O–H groups in total. The van der Waals surface area contributed by atoms with Gasteiger partial charge in [-0.2, -0.15) is 0 Å². The van der Waals surface area contributed by atoms with E-state index in [0.717, 1.165) is 11.8 Å². The number of nitrogens with zero attached hydrogens (tertiary/aromatic N) is 1. The van der Waals surface area contributed by atoms with Crippen molar-refractivity contribution < 1.29 is 13.2 Å². The number of hydrogen-bond donors (Lipinski definition) is 2. The Morgan fingerprint density at radius 1 is 1.32 bits per heavy atom. The first-order chi connectivity index (χ1) is 10.3. The smallest absolute Gasteiger partial charge is 0.253 e. The first kappa shape index (κ1) is 16.3. The van der Waals surface area contributed by atoms with E-state index in [-0.39, 0.29) is 16.3 Å². The van der Waals surface area contributed by atoms with Gasteiger partial charge in [0.15, 0.2) is 0 Å². The van der Waals surface area contributed by atoms with Gasteiger partial charge in [0.1, 0.15) is 0 Å². The number of halogens is 1. The summed E-state index contributed by atoms with van der Waals surface area (Å²) in [4.78, 5) is 16.1. The standard InChI is InChI=1S/C14H14ClN3O3S/c1-22(20,21)18-11-4-5-13(15)12(7-11)14(19)17-9-10-3-2-6-16-8-10/h2-8,18H,9H2,1H3,(H,17,19). The number of sulfonamides is 1. The second-order valence-electron chi connectivity index (χ2n) is 4.61. The van der Waals surface area contributed by atoms with E-state index in [1.165, 1.54) is 18.2 Å². The van der Waals surface area contributed by atoms with Gasteiger partial charge in [-0.25, -0.2) is 8.42 Å². The summed E-state index contributed by atoms with van der Waals surface area (Å²) in [6, 6.07) is 7.94. The molecule has 116 valence electrons. The Morgan fingerprint density at radius 2 is 2.09 bits per heavy atom. The van der Waals surface area contributed by atoms with E-state index in [0.29, 0.717) is 6.54 Å². The molecule has 1 aromatic carbocycles. The van der Waals surface area contributed by atoms with Crippen LogP contribution in [0.3, 0.4) is 0 Å². The summed E-state index contributed by atoms with van der Waals surface area (Å²) >= 11 is 5.99. The monoisotopic (exact) mass is 339 g/mol. The number of aromatic nitrogens is 1. The average Bonchev–Trinajstić information content (AvgIpc) is 2.46. The topological polar surface area (TPSA) is 88.2 Å². The molecule has 8 heteroatoms. The molecule has 0 fully saturated rings. The van der Waals surface area contributed by atoms with Gasteiger partial charge in [-0.15, -0.1) is 0 Å². The number of amides is 1. The van der Waals surface area contributed by atoms with E-state index in [9.17, 15) is 13.2 Å². The Labute approximate surface area is 133 Å². The lowest BCUT2D eigenvalue weighted by Crippen LogP contribution is -2.23. The van der Waals surface area contributed by atoms with Crippen LogP contribution >= 0.6 is 11.6 Å². The second-order valence-corrected chi connectivity index (χ2v) is 6.77. The third-order valence-corrected chi connectivity index (χ3v) is 3.63. The highest BCUT2D eigenvalue weighted by Gasteiger charge is 2.12. The van der Waals surface area contributed by atoms with Gasteiger partial charge >= 0.3 is 0 Å². The molecule has 0 aliphatic carbocycles. The van der Waals surface area contributed by atoms with E-state index in [4.69, 9.17) is 11.6 Å². The number of nitrogens with one attached hydrogen (secondary N) is 2. The fraction of sp³-hybridized carbons (Fsp3) is 0.143. The molecule has 1 amide bonds. The van der Waals surface area contributed by atoms with Crippen molar-refractivity contribution in [2.45, 2.75) is 6.54 Å². The first-order valence-corrected chi connectivity index (χ1v) is 8.56. The maximum Gasteiger partial charge on any atom is 0.253 e. The zero-order valence-electron chi connectivity index (χ0n) is 11.7. The van der Waals surface area contributed by atoms with E-state index < -0.39 is 15.9 Å². The van der Waals surface area contributed by atoms with Gasteiger partial charge in [0.2, 0.25) is 10.0 Å². The minimum Gasteiger partial charge on any atom is -0.348 e. The predicted octanol–water partition coefficient (Wildman–Crippen LogP) is 2.04. The number of hydrogen-bond acceptors (Lipinski definition) is 4. The van der Waals surface area contributed by atoms with Crippen LogP contribution in [0.1, 0.15) is 15.9 Å². The van der Waals surface area contributed by atoms with Crippen LogP contribution in [0.2, 0.25) is 5.02 Å². The maximum absolute atomic E-state index is 12.2. The molecule has 1 heterocycles. The van der Waals surface area contributed by atoms with Crippen molar-refractivity contribution in [2.75, 3.05) is 11.0 Å². The second kappa shape index (κ2) is 6.76. The molecule has 0 saturated carbocycles. The lowest BCUT2D eigenvalue weighted by molar-refractivity contribution is 0.0951. The largest absolute Gasteiger partial charge is 0.348 e. The first-order valence-electron chi connectivity index (χ1n) is 6.29. The van der Waals surface area contributed by atoms with Crippen molar-refractivity contribution >= 4 is 33.2 Å².